The minimum absolute atomic E-state index is 0. The molecule has 0 atom stereocenters. The van der Waals surface area contributed by atoms with Crippen LogP contribution in [0.3, 0.4) is 0 Å². The van der Waals surface area contributed by atoms with E-state index in [2.05, 4.69) is 13.8 Å². The number of hydrogen-bond donors (Lipinski definition) is 0. The summed E-state index contributed by atoms with van der Waals surface area (Å²) >= 11 is 0. The maximum Gasteiger partial charge on any atom is 0 e. The van der Waals surface area contributed by atoms with Gasteiger partial charge >= 0.3 is 0 Å². The third kappa shape index (κ3) is 17500. The molecule has 0 fully saturated rings. The van der Waals surface area contributed by atoms with Crippen LogP contribution >= 0.6 is 0 Å². The van der Waals surface area contributed by atoms with Crippen molar-refractivity contribution in [3.63, 3.8) is 0 Å². The van der Waals surface area contributed by atoms with Crippen molar-refractivity contribution in [2.75, 3.05) is 0 Å². The molecule has 0 saturated carbocycles. The van der Waals surface area contributed by atoms with Crippen molar-refractivity contribution in [2.45, 2.75) is 187 Å². The van der Waals surface area contributed by atoms with Gasteiger partial charge in [0.1, 0.15) is 0 Å². The molecule has 0 spiro atoms. The van der Waals surface area contributed by atoms with Crippen molar-refractivity contribution in [3.05, 3.63) is 7.43 Å². The summed E-state index contributed by atoms with van der Waals surface area (Å²) < 4.78 is 0. The van der Waals surface area contributed by atoms with E-state index < -0.39 is 0 Å². The summed E-state index contributed by atoms with van der Waals surface area (Å²) in [5.41, 5.74) is 0. The van der Waals surface area contributed by atoms with Gasteiger partial charge < -0.3 is 7.43 Å². The smallest absolute Gasteiger partial charge is 0 e. The summed E-state index contributed by atoms with van der Waals surface area (Å²) in [6, 6.07) is 0. The monoisotopic (exact) mass is 511 g/mol. The van der Waals surface area contributed by atoms with E-state index in [0.29, 0.717) is 0 Å². The zero-order valence-electron chi connectivity index (χ0n) is 26.3. The van der Waals surface area contributed by atoms with E-state index in [9.17, 15) is 0 Å². The number of hydrogen-bond acceptors (Lipinski definition) is 0. The molecular weight excluding hydrogens is 425 g/mol. The summed E-state index contributed by atoms with van der Waals surface area (Å²) in [6.07, 6.45) is 1.25. The molecule has 201 valence electrons. The Labute approximate surface area is 226 Å². The zero-order valence-corrected chi connectivity index (χ0v) is 29.1. The molecule has 0 amide bonds. The fourth-order valence-corrected chi connectivity index (χ4v) is 0. The Bertz CT molecular complexity index is 6.28. The molecule has 0 aromatic carbocycles. The summed E-state index contributed by atoms with van der Waals surface area (Å²) in [5, 5.41) is 0. The van der Waals surface area contributed by atoms with Crippen LogP contribution in [0.2, 0.25) is 0 Å². The molecule has 0 saturated heterocycles. The molecule has 0 unspecified atom stereocenters. The Morgan fingerprint density at radius 3 is 0.276 bits per heavy atom. The van der Waals surface area contributed by atoms with Gasteiger partial charge in [-0.15, -0.1) is 0 Å². The van der Waals surface area contributed by atoms with Crippen LogP contribution in [-0.4, -0.2) is 0 Å². The second-order valence-corrected chi connectivity index (χ2v) is 0.707. The predicted molar refractivity (Wildman–Crippen MR) is 161 cm³/mol. The van der Waals surface area contributed by atoms with E-state index in [1.54, 1.807) is 0 Å². The summed E-state index contributed by atoms with van der Waals surface area (Å²) in [7, 11) is 0. The van der Waals surface area contributed by atoms with Crippen LogP contribution in [0.5, 0.6) is 0 Å². The first-order valence-corrected chi connectivity index (χ1v) is 12.4. The van der Waals surface area contributed by atoms with Crippen LogP contribution in [0.1, 0.15) is 187 Å². The normalized spacial score (nSPS) is 2.90. The molecule has 0 nitrogen and oxygen atoms in total. The van der Waals surface area contributed by atoms with Crippen LogP contribution in [0.15, 0.2) is 0 Å². The van der Waals surface area contributed by atoms with Crippen LogP contribution in [0, 0.1) is 7.43 Å². The van der Waals surface area contributed by atoms with E-state index in [4.69, 9.17) is 0 Å². The number of rotatable bonds is 0. The van der Waals surface area contributed by atoms with Crippen LogP contribution in [0.4, 0.5) is 0 Å². The molecule has 1 heteroatoms. The van der Waals surface area contributed by atoms with Crippen LogP contribution < -0.4 is 0 Å². The third-order valence-electron chi connectivity index (χ3n) is 0. The van der Waals surface area contributed by atoms with Crippen molar-refractivity contribution >= 4 is 0 Å². The van der Waals surface area contributed by atoms with E-state index >= 15 is 0 Å². The Hall–Kier alpha value is 1.10. The predicted octanol–water partition coefficient (Wildman–Crippen LogP) is 14.4. The minimum atomic E-state index is 0. The quantitative estimate of drug-likeness (QED) is 0.284. The minimum Gasteiger partial charge on any atom is -0.358 e. The van der Waals surface area contributed by atoms with Crippen LogP contribution in [-0.2, 0) is 32.7 Å². The van der Waals surface area contributed by atoms with E-state index in [1.165, 1.54) is 6.42 Å². The molecule has 0 bridgehead atoms. The molecule has 29 heavy (non-hydrogen) atoms. The molecular formula is C28H85Y-. The van der Waals surface area contributed by atoms with Crippen molar-refractivity contribution in [3.8, 4) is 0 Å². The van der Waals surface area contributed by atoms with Crippen LogP contribution in [0.25, 0.3) is 0 Å². The van der Waals surface area contributed by atoms with Gasteiger partial charge in [-0.25, -0.2) is 0 Å². The molecule has 0 aromatic heterocycles. The van der Waals surface area contributed by atoms with E-state index in [0.717, 1.165) is 0 Å². The van der Waals surface area contributed by atoms with Gasteiger partial charge in [-0.05, 0) is 0 Å². The Morgan fingerprint density at radius 2 is 0.276 bits per heavy atom. The Kier molecular flexibility index (Phi) is 23000. The molecule has 0 aliphatic rings. The van der Waals surface area contributed by atoms with Gasteiger partial charge in [-0.1, -0.05) is 187 Å². The largest absolute Gasteiger partial charge is 0.358 e. The fourth-order valence-electron chi connectivity index (χ4n) is 0. The fraction of sp³-hybridized carbons (Fsp3) is 0.964. The molecule has 0 rings (SSSR count). The first-order chi connectivity index (χ1) is 12.4. The van der Waals surface area contributed by atoms with Gasteiger partial charge in [-0.3, -0.25) is 0 Å². The molecule has 0 aliphatic heterocycles. The van der Waals surface area contributed by atoms with Gasteiger partial charge in [0.2, 0.25) is 0 Å². The molecule has 0 aromatic rings. The third-order valence-corrected chi connectivity index (χ3v) is 0. The Morgan fingerprint density at radius 1 is 0.276 bits per heavy atom. The first-order valence-electron chi connectivity index (χ1n) is 12.4. The van der Waals surface area contributed by atoms with Crippen molar-refractivity contribution < 1.29 is 32.7 Å². The van der Waals surface area contributed by atoms with E-state index in [1.807, 2.05) is 152 Å². The van der Waals surface area contributed by atoms with E-state index in [-0.39, 0.29) is 55.0 Å². The molecule has 0 N–H and O–H groups in total. The van der Waals surface area contributed by atoms with Gasteiger partial charge in [-0.2, -0.15) is 0 Å². The molecule has 1 radical (unpaired) electrons. The van der Waals surface area contributed by atoms with Gasteiger partial charge in [0.25, 0.3) is 0 Å². The first kappa shape index (κ1) is 128. The van der Waals surface area contributed by atoms with Gasteiger partial charge in [0.15, 0.2) is 0 Å². The SMILES string of the molecule is C.C.CC.CC.CC.CC.CC.CC.CC.CC.CC.CC.CC.CCC.[CH3-].[Y]. The van der Waals surface area contributed by atoms with Crippen molar-refractivity contribution in [1.29, 1.82) is 0 Å². The maximum absolute atomic E-state index is 2.12. The summed E-state index contributed by atoms with van der Waals surface area (Å²) in [6.45, 7) is 48.2. The molecule has 0 aliphatic carbocycles. The molecule has 0 heterocycles. The second kappa shape index (κ2) is 5190. The maximum atomic E-state index is 2.12. The van der Waals surface area contributed by atoms with Crippen molar-refractivity contribution in [1.82, 2.24) is 0 Å². The average Bonchev–Trinajstić information content (AvgIpc) is 2.83. The van der Waals surface area contributed by atoms with Crippen molar-refractivity contribution in [2.24, 2.45) is 0 Å². The standard InChI is InChI=1S/C3H8.11C2H6.2CH4.CH3.Y/c1-3-2;11*1-2;;;;/h3H2,1-2H3;11*1-2H3;2*1H4;1H3;/q;;;;;;;;;;;;;;-1;. The topological polar surface area (TPSA) is 0 Å². The summed E-state index contributed by atoms with van der Waals surface area (Å²) in [4.78, 5) is 0. The summed E-state index contributed by atoms with van der Waals surface area (Å²) in [5.74, 6) is 0. The zero-order chi connectivity index (χ0) is 24.7. The van der Waals surface area contributed by atoms with Gasteiger partial charge in [0, 0.05) is 32.7 Å². The average molecular weight is 511 g/mol. The Balaban J connectivity index is -0.00000000450. The van der Waals surface area contributed by atoms with Gasteiger partial charge in [0.05, 0.1) is 0 Å². The second-order valence-electron chi connectivity index (χ2n) is 0.707.